The quantitative estimate of drug-likeness (QED) is 0.145. The third kappa shape index (κ3) is 7.96. The lowest BCUT2D eigenvalue weighted by Crippen LogP contribution is -2.13. The van der Waals surface area contributed by atoms with Crippen LogP contribution in [-0.4, -0.2) is 5.91 Å². The molecule has 0 radical (unpaired) electrons. The molecular weight excluding hydrogens is 632 g/mol. The number of nitriles is 1. The fourth-order valence-electron chi connectivity index (χ4n) is 3.36. The molecule has 4 aromatic rings. The van der Waals surface area contributed by atoms with Crippen molar-refractivity contribution in [2.24, 2.45) is 0 Å². The fraction of sp³-hybridized carbons (Fsp3) is 0.0667. The Morgan fingerprint density at radius 1 is 0.842 bits per heavy atom. The number of nitrogens with zero attached hydrogens (tertiary/aromatic N) is 1. The predicted octanol–water partition coefficient (Wildman–Crippen LogP) is 8.57. The third-order valence-corrected chi connectivity index (χ3v) is 6.72. The maximum Gasteiger partial charge on any atom is 0.266 e. The summed E-state index contributed by atoms with van der Waals surface area (Å²) < 4.78 is 13.6. The van der Waals surface area contributed by atoms with Crippen LogP contribution >= 0.6 is 43.5 Å². The van der Waals surface area contributed by atoms with Crippen LogP contribution in [0.25, 0.3) is 6.08 Å². The largest absolute Gasteiger partial charge is 0.489 e. The lowest BCUT2D eigenvalue weighted by Gasteiger charge is -2.10. The second-order valence-electron chi connectivity index (χ2n) is 8.17. The van der Waals surface area contributed by atoms with Gasteiger partial charge in [0.25, 0.3) is 5.91 Å². The number of hydrogen-bond acceptors (Lipinski definition) is 4. The van der Waals surface area contributed by atoms with Gasteiger partial charge in [0.1, 0.15) is 36.4 Å². The van der Waals surface area contributed by atoms with Gasteiger partial charge < -0.3 is 14.8 Å². The summed E-state index contributed by atoms with van der Waals surface area (Å²) in [5, 5.41) is 12.7. The third-order valence-electron chi connectivity index (χ3n) is 5.37. The van der Waals surface area contributed by atoms with Gasteiger partial charge in [-0.1, -0.05) is 73.8 Å². The number of carbonyl (C=O) groups is 1. The molecule has 0 unspecified atom stereocenters. The Bertz CT molecular complexity index is 1480. The van der Waals surface area contributed by atoms with Gasteiger partial charge in [0, 0.05) is 14.6 Å². The molecule has 1 N–H and O–H groups in total. The van der Waals surface area contributed by atoms with Crippen LogP contribution in [0, 0.1) is 11.3 Å². The number of carbonyl (C=O) groups excluding carboxylic acids is 1. The minimum Gasteiger partial charge on any atom is -0.489 e. The Labute approximate surface area is 242 Å². The van der Waals surface area contributed by atoms with Crippen molar-refractivity contribution in [1.82, 2.24) is 0 Å². The molecule has 4 aromatic carbocycles. The first kappa shape index (κ1) is 27.5. The van der Waals surface area contributed by atoms with Gasteiger partial charge >= 0.3 is 0 Å². The summed E-state index contributed by atoms with van der Waals surface area (Å²) in [5.74, 6) is 0.652. The van der Waals surface area contributed by atoms with Crippen LogP contribution in [0.5, 0.6) is 11.5 Å². The van der Waals surface area contributed by atoms with Crippen LogP contribution in [-0.2, 0) is 18.0 Å². The van der Waals surface area contributed by atoms with Gasteiger partial charge in [-0.05, 0) is 83.4 Å². The van der Waals surface area contributed by atoms with E-state index in [1.807, 2.05) is 54.6 Å². The standard InChI is InChI=1S/C30H21Br2ClN2O3/c31-24-6-1-20(2-7-24)18-37-27-12-10-26(11-13-27)35-30(36)23(17-34)15-22-5-14-29(28(33)16-22)38-19-21-3-8-25(32)9-4-21/h1-16H,18-19H2,(H,35,36)/b23-15+. The number of ether oxygens (including phenoxy) is 2. The van der Waals surface area contributed by atoms with E-state index in [1.165, 1.54) is 6.08 Å². The van der Waals surface area contributed by atoms with Crippen molar-refractivity contribution < 1.29 is 14.3 Å². The predicted molar refractivity (Wildman–Crippen MR) is 157 cm³/mol. The van der Waals surface area contributed by atoms with Crippen molar-refractivity contribution >= 4 is 61.1 Å². The van der Waals surface area contributed by atoms with Crippen molar-refractivity contribution in [2.45, 2.75) is 13.2 Å². The van der Waals surface area contributed by atoms with Gasteiger partial charge in [-0.25, -0.2) is 0 Å². The zero-order chi connectivity index (χ0) is 26.9. The van der Waals surface area contributed by atoms with Crippen LogP contribution in [0.3, 0.4) is 0 Å². The molecule has 0 bridgehead atoms. The molecule has 0 heterocycles. The SMILES string of the molecule is N#C/C(=C\c1ccc(OCc2ccc(Br)cc2)c(Cl)c1)C(=O)Nc1ccc(OCc2ccc(Br)cc2)cc1. The Hall–Kier alpha value is -3.57. The van der Waals surface area contributed by atoms with E-state index in [-0.39, 0.29) is 5.57 Å². The summed E-state index contributed by atoms with van der Waals surface area (Å²) in [6.07, 6.45) is 1.48. The minimum absolute atomic E-state index is 0.0554. The van der Waals surface area contributed by atoms with Crippen molar-refractivity contribution in [3.8, 4) is 17.6 Å². The Balaban J connectivity index is 1.34. The molecule has 4 rings (SSSR count). The molecule has 0 aliphatic heterocycles. The summed E-state index contributed by atoms with van der Waals surface area (Å²) in [4.78, 5) is 12.7. The summed E-state index contributed by atoms with van der Waals surface area (Å²) in [7, 11) is 0. The van der Waals surface area contributed by atoms with Crippen molar-refractivity contribution in [1.29, 1.82) is 5.26 Å². The molecule has 8 heteroatoms. The second-order valence-corrected chi connectivity index (χ2v) is 10.4. The zero-order valence-corrected chi connectivity index (χ0v) is 23.9. The molecule has 0 aromatic heterocycles. The highest BCUT2D eigenvalue weighted by molar-refractivity contribution is 9.10. The first-order valence-corrected chi connectivity index (χ1v) is 13.4. The number of halogens is 3. The van der Waals surface area contributed by atoms with E-state index in [0.29, 0.717) is 41.0 Å². The summed E-state index contributed by atoms with van der Waals surface area (Å²) in [6.45, 7) is 0.791. The molecule has 5 nitrogen and oxygen atoms in total. The monoisotopic (exact) mass is 650 g/mol. The van der Waals surface area contributed by atoms with Crippen LogP contribution < -0.4 is 14.8 Å². The highest BCUT2D eigenvalue weighted by Gasteiger charge is 2.11. The van der Waals surface area contributed by atoms with E-state index in [0.717, 1.165) is 20.1 Å². The van der Waals surface area contributed by atoms with Gasteiger partial charge in [0.05, 0.1) is 5.02 Å². The average molecular weight is 653 g/mol. The number of benzene rings is 4. The number of anilines is 1. The molecule has 0 atom stereocenters. The van der Waals surface area contributed by atoms with E-state index in [1.54, 1.807) is 42.5 Å². The molecule has 190 valence electrons. The van der Waals surface area contributed by atoms with Crippen LogP contribution in [0.15, 0.2) is 106 Å². The molecule has 1 amide bonds. The Morgan fingerprint density at radius 2 is 1.42 bits per heavy atom. The Kier molecular flexibility index (Phi) is 9.61. The normalized spacial score (nSPS) is 10.9. The maximum atomic E-state index is 12.7. The zero-order valence-electron chi connectivity index (χ0n) is 20.0. The molecule has 0 saturated heterocycles. The van der Waals surface area contributed by atoms with Crippen LogP contribution in [0.4, 0.5) is 5.69 Å². The summed E-state index contributed by atoms with van der Waals surface area (Å²) >= 11 is 13.2. The van der Waals surface area contributed by atoms with Gasteiger partial charge in [0.15, 0.2) is 0 Å². The number of hydrogen-bond donors (Lipinski definition) is 1. The molecule has 0 saturated carbocycles. The van der Waals surface area contributed by atoms with Crippen LogP contribution in [0.2, 0.25) is 5.02 Å². The van der Waals surface area contributed by atoms with E-state index >= 15 is 0 Å². The molecular formula is C30H21Br2ClN2O3. The highest BCUT2D eigenvalue weighted by atomic mass is 79.9. The molecule has 38 heavy (non-hydrogen) atoms. The maximum absolute atomic E-state index is 12.7. The first-order valence-electron chi connectivity index (χ1n) is 11.5. The summed E-state index contributed by atoms with van der Waals surface area (Å²) in [6, 6.07) is 29.7. The first-order chi connectivity index (χ1) is 18.4. The van der Waals surface area contributed by atoms with Crippen molar-refractivity contribution in [3.05, 3.63) is 127 Å². The smallest absolute Gasteiger partial charge is 0.266 e. The summed E-state index contributed by atoms with van der Waals surface area (Å²) in [5.41, 5.74) is 3.14. The van der Waals surface area contributed by atoms with Crippen molar-refractivity contribution in [3.63, 3.8) is 0 Å². The van der Waals surface area contributed by atoms with E-state index < -0.39 is 5.91 Å². The van der Waals surface area contributed by atoms with E-state index in [4.69, 9.17) is 21.1 Å². The molecule has 0 fully saturated rings. The Morgan fingerprint density at radius 3 is 1.97 bits per heavy atom. The number of rotatable bonds is 9. The molecule has 0 aliphatic rings. The average Bonchev–Trinajstić information content (AvgIpc) is 2.92. The minimum atomic E-state index is -0.525. The molecule has 0 aliphatic carbocycles. The highest BCUT2D eigenvalue weighted by Crippen LogP contribution is 2.28. The second kappa shape index (κ2) is 13.3. The fourth-order valence-corrected chi connectivity index (χ4v) is 4.13. The van der Waals surface area contributed by atoms with Crippen LogP contribution in [0.1, 0.15) is 16.7 Å². The topological polar surface area (TPSA) is 71.3 Å². The van der Waals surface area contributed by atoms with Crippen molar-refractivity contribution in [2.75, 3.05) is 5.32 Å². The molecule has 0 spiro atoms. The van der Waals surface area contributed by atoms with E-state index in [2.05, 4.69) is 37.2 Å². The lowest BCUT2D eigenvalue weighted by atomic mass is 10.1. The number of amides is 1. The van der Waals surface area contributed by atoms with Gasteiger partial charge in [0.2, 0.25) is 0 Å². The van der Waals surface area contributed by atoms with Gasteiger partial charge in [-0.15, -0.1) is 0 Å². The lowest BCUT2D eigenvalue weighted by molar-refractivity contribution is -0.112. The van der Waals surface area contributed by atoms with Gasteiger partial charge in [-0.2, -0.15) is 5.26 Å². The van der Waals surface area contributed by atoms with Gasteiger partial charge in [-0.3, -0.25) is 4.79 Å². The number of nitrogens with one attached hydrogen (secondary N) is 1. The van der Waals surface area contributed by atoms with E-state index in [9.17, 15) is 10.1 Å².